The maximum atomic E-state index is 11.4. The van der Waals surface area contributed by atoms with E-state index in [0.717, 1.165) is 0 Å². The van der Waals surface area contributed by atoms with Gasteiger partial charge in [0.15, 0.2) is 0 Å². The van der Waals surface area contributed by atoms with Crippen molar-refractivity contribution in [1.29, 1.82) is 0 Å². The molecule has 1 aromatic rings. The van der Waals surface area contributed by atoms with Crippen LogP contribution < -0.4 is 4.90 Å². The summed E-state index contributed by atoms with van der Waals surface area (Å²) >= 11 is 0. The van der Waals surface area contributed by atoms with Crippen molar-refractivity contribution in [3.8, 4) is 0 Å². The van der Waals surface area contributed by atoms with E-state index >= 15 is 0 Å². The fourth-order valence-corrected chi connectivity index (χ4v) is 1.55. The van der Waals surface area contributed by atoms with Gasteiger partial charge in [0.2, 0.25) is 5.82 Å². The molecule has 1 rings (SSSR count). The minimum atomic E-state index is -0.882. The first-order valence-corrected chi connectivity index (χ1v) is 5.85. The highest BCUT2D eigenvalue weighted by Gasteiger charge is 2.16. The van der Waals surface area contributed by atoms with Gasteiger partial charge in [0.25, 0.3) is 0 Å². The first-order valence-electron chi connectivity index (χ1n) is 5.85. The van der Waals surface area contributed by atoms with Gasteiger partial charge in [-0.25, -0.2) is 14.8 Å². The monoisotopic (exact) mass is 267 g/mol. The molecular weight excluding hydrogens is 250 g/mol. The summed E-state index contributed by atoms with van der Waals surface area (Å²) < 4.78 is 4.55. The van der Waals surface area contributed by atoms with Crippen molar-refractivity contribution in [2.75, 3.05) is 18.6 Å². The number of nitrogens with zero attached hydrogens (tertiary/aromatic N) is 3. The minimum absolute atomic E-state index is 0.00423. The van der Waals surface area contributed by atoms with Crippen LogP contribution in [0.4, 0.5) is 5.82 Å². The largest absolute Gasteiger partial charge is 0.481 e. The van der Waals surface area contributed by atoms with E-state index in [9.17, 15) is 9.59 Å². The van der Waals surface area contributed by atoms with Gasteiger partial charge in [-0.05, 0) is 19.9 Å². The van der Waals surface area contributed by atoms with Crippen LogP contribution in [0.5, 0.6) is 0 Å². The lowest BCUT2D eigenvalue weighted by molar-refractivity contribution is -0.136. The Bertz CT molecular complexity index is 462. The Morgan fingerprint density at radius 2 is 2.16 bits per heavy atom. The average Bonchev–Trinajstić information content (AvgIpc) is 2.37. The predicted molar refractivity (Wildman–Crippen MR) is 68.1 cm³/mol. The number of ether oxygens (including phenoxy) is 1. The van der Waals surface area contributed by atoms with Crippen molar-refractivity contribution in [3.63, 3.8) is 0 Å². The van der Waals surface area contributed by atoms with Crippen LogP contribution in [0, 0.1) is 0 Å². The molecule has 0 fully saturated rings. The van der Waals surface area contributed by atoms with E-state index in [-0.39, 0.29) is 18.3 Å². The fraction of sp³-hybridized carbons (Fsp3) is 0.500. The van der Waals surface area contributed by atoms with Crippen LogP contribution in [-0.2, 0) is 9.53 Å². The number of rotatable bonds is 6. The smallest absolute Gasteiger partial charge is 0.376 e. The lowest BCUT2D eigenvalue weighted by atomic mass is 10.2. The number of esters is 1. The van der Waals surface area contributed by atoms with Crippen LogP contribution in [0.15, 0.2) is 12.3 Å². The Hall–Kier alpha value is -2.18. The molecule has 0 saturated carbocycles. The van der Waals surface area contributed by atoms with E-state index in [1.165, 1.54) is 13.3 Å². The highest BCUT2D eigenvalue weighted by Crippen LogP contribution is 2.14. The molecule has 1 N–H and O–H groups in total. The number of carboxylic acids is 1. The van der Waals surface area contributed by atoms with E-state index in [2.05, 4.69) is 14.7 Å². The number of hydrogen-bond acceptors (Lipinski definition) is 6. The van der Waals surface area contributed by atoms with E-state index < -0.39 is 11.9 Å². The maximum Gasteiger partial charge on any atom is 0.376 e. The first kappa shape index (κ1) is 14.9. The minimum Gasteiger partial charge on any atom is -0.481 e. The molecule has 0 amide bonds. The molecule has 7 nitrogen and oxygen atoms in total. The van der Waals surface area contributed by atoms with Gasteiger partial charge in [-0.15, -0.1) is 0 Å². The molecule has 0 aliphatic heterocycles. The maximum absolute atomic E-state index is 11.4. The zero-order chi connectivity index (χ0) is 14.4. The second-order valence-corrected chi connectivity index (χ2v) is 4.16. The van der Waals surface area contributed by atoms with Crippen molar-refractivity contribution in [3.05, 3.63) is 18.1 Å². The Labute approximate surface area is 111 Å². The second-order valence-electron chi connectivity index (χ2n) is 4.16. The van der Waals surface area contributed by atoms with Crippen LogP contribution in [-0.4, -0.2) is 46.7 Å². The lowest BCUT2D eigenvalue weighted by Crippen LogP contribution is -2.34. The first-order chi connectivity index (χ1) is 8.95. The number of hydrogen-bond donors (Lipinski definition) is 1. The third kappa shape index (κ3) is 4.20. The standard InChI is InChI=1S/C12H17N3O4/c1-8(2)15(7-5-10(16)17)9-4-6-13-11(14-9)12(18)19-3/h4,6,8H,5,7H2,1-3H3,(H,16,17). The summed E-state index contributed by atoms with van der Waals surface area (Å²) in [7, 11) is 1.25. The molecule has 19 heavy (non-hydrogen) atoms. The quantitative estimate of drug-likeness (QED) is 0.767. The fourth-order valence-electron chi connectivity index (χ4n) is 1.55. The normalized spacial score (nSPS) is 10.3. The van der Waals surface area contributed by atoms with Gasteiger partial charge in [-0.3, -0.25) is 4.79 Å². The summed E-state index contributed by atoms with van der Waals surface area (Å²) in [5.74, 6) is -1.04. The topological polar surface area (TPSA) is 92.6 Å². The lowest BCUT2D eigenvalue weighted by Gasteiger charge is -2.27. The Morgan fingerprint density at radius 1 is 1.47 bits per heavy atom. The summed E-state index contributed by atoms with van der Waals surface area (Å²) in [6.07, 6.45) is 1.44. The van der Waals surface area contributed by atoms with Crippen molar-refractivity contribution in [1.82, 2.24) is 9.97 Å². The highest BCUT2D eigenvalue weighted by molar-refractivity contribution is 5.85. The van der Waals surface area contributed by atoms with Crippen LogP contribution in [0.2, 0.25) is 0 Å². The molecule has 1 aromatic heterocycles. The van der Waals surface area contributed by atoms with Crippen molar-refractivity contribution >= 4 is 17.8 Å². The van der Waals surface area contributed by atoms with E-state index in [0.29, 0.717) is 12.4 Å². The van der Waals surface area contributed by atoms with Crippen molar-refractivity contribution < 1.29 is 19.4 Å². The molecule has 104 valence electrons. The summed E-state index contributed by atoms with van der Waals surface area (Å²) in [6, 6.07) is 1.69. The molecule has 7 heteroatoms. The molecule has 1 heterocycles. The summed E-state index contributed by atoms with van der Waals surface area (Å²) in [5, 5.41) is 8.74. The van der Waals surface area contributed by atoms with Gasteiger partial charge in [-0.2, -0.15) is 0 Å². The van der Waals surface area contributed by atoms with Crippen LogP contribution in [0.25, 0.3) is 0 Å². The van der Waals surface area contributed by atoms with Crippen LogP contribution in [0.1, 0.15) is 30.9 Å². The third-order valence-electron chi connectivity index (χ3n) is 2.49. The number of aliphatic carboxylic acids is 1. The molecule has 0 unspecified atom stereocenters. The number of anilines is 1. The molecule has 0 aliphatic carbocycles. The number of aromatic nitrogens is 2. The average molecular weight is 267 g/mol. The zero-order valence-corrected chi connectivity index (χ0v) is 11.2. The van der Waals surface area contributed by atoms with Crippen molar-refractivity contribution in [2.45, 2.75) is 26.3 Å². The van der Waals surface area contributed by atoms with Gasteiger partial charge in [0.05, 0.1) is 13.5 Å². The molecule has 0 aliphatic rings. The van der Waals surface area contributed by atoms with Gasteiger partial charge < -0.3 is 14.7 Å². The molecule has 0 atom stereocenters. The van der Waals surface area contributed by atoms with Crippen molar-refractivity contribution in [2.24, 2.45) is 0 Å². The van der Waals surface area contributed by atoms with Gasteiger partial charge in [-0.1, -0.05) is 0 Å². The van der Waals surface area contributed by atoms with Gasteiger partial charge in [0.1, 0.15) is 5.82 Å². The number of carboxylic acid groups (broad SMARTS) is 1. The zero-order valence-electron chi connectivity index (χ0n) is 11.2. The molecule has 0 radical (unpaired) electrons. The molecule has 0 spiro atoms. The second kappa shape index (κ2) is 6.67. The molecule has 0 bridgehead atoms. The number of carbonyl (C=O) groups is 2. The summed E-state index contributed by atoms with van der Waals surface area (Å²) in [5.41, 5.74) is 0. The molecule has 0 saturated heterocycles. The molecular formula is C12H17N3O4. The summed E-state index contributed by atoms with van der Waals surface area (Å²) in [6.45, 7) is 4.15. The molecule has 0 aromatic carbocycles. The van der Waals surface area contributed by atoms with Crippen LogP contribution in [0.3, 0.4) is 0 Å². The van der Waals surface area contributed by atoms with Gasteiger partial charge >= 0.3 is 11.9 Å². The van der Waals surface area contributed by atoms with Crippen LogP contribution >= 0.6 is 0 Å². The van der Waals surface area contributed by atoms with E-state index in [1.807, 2.05) is 13.8 Å². The summed E-state index contributed by atoms with van der Waals surface area (Å²) in [4.78, 5) is 31.7. The van der Waals surface area contributed by atoms with E-state index in [4.69, 9.17) is 5.11 Å². The third-order valence-corrected chi connectivity index (χ3v) is 2.49. The van der Waals surface area contributed by atoms with Gasteiger partial charge in [0, 0.05) is 18.8 Å². The Balaban J connectivity index is 2.96. The Kier molecular flexibility index (Phi) is 5.23. The Morgan fingerprint density at radius 3 is 2.68 bits per heavy atom. The SMILES string of the molecule is COC(=O)c1nccc(N(CCC(=O)O)C(C)C)n1. The number of carbonyl (C=O) groups excluding carboxylic acids is 1. The highest BCUT2D eigenvalue weighted by atomic mass is 16.5. The van der Waals surface area contributed by atoms with E-state index in [1.54, 1.807) is 11.0 Å². The predicted octanol–water partition coefficient (Wildman–Crippen LogP) is 0.953. The number of methoxy groups -OCH3 is 1.